The van der Waals surface area contributed by atoms with Crippen LogP contribution in [0.1, 0.15) is 57.8 Å². The molecule has 4 aliphatic carbocycles. The quantitative estimate of drug-likeness (QED) is 0.825. The van der Waals surface area contributed by atoms with E-state index in [9.17, 15) is 4.79 Å². The Morgan fingerprint density at radius 1 is 1.18 bits per heavy atom. The van der Waals surface area contributed by atoms with Gasteiger partial charge in [-0.25, -0.2) is 0 Å². The fraction of sp³-hybridized carbons (Fsp3) is 0.636. The summed E-state index contributed by atoms with van der Waals surface area (Å²) in [5.74, 6) is 3.83. The second kappa shape index (κ2) is 6.98. The molecule has 6 nitrogen and oxygen atoms in total. The molecule has 1 unspecified atom stereocenters. The van der Waals surface area contributed by atoms with Crippen LogP contribution in [0, 0.1) is 23.2 Å². The highest BCUT2D eigenvalue weighted by molar-refractivity contribution is 5.76. The molecule has 0 aliphatic heterocycles. The number of rotatable bonds is 6. The summed E-state index contributed by atoms with van der Waals surface area (Å²) in [7, 11) is 0. The summed E-state index contributed by atoms with van der Waals surface area (Å²) in [4.78, 5) is 21.0. The topological polar surface area (TPSA) is 80.9 Å². The molecule has 148 valence electrons. The maximum absolute atomic E-state index is 12.6. The highest BCUT2D eigenvalue weighted by Gasteiger charge is 2.53. The minimum atomic E-state index is 0.0897. The highest BCUT2D eigenvalue weighted by Crippen LogP contribution is 2.61. The van der Waals surface area contributed by atoms with Gasteiger partial charge in [-0.2, -0.15) is 4.98 Å². The standard InChI is InChI=1S/C22H28N4O2/c1-14(22-11-15-8-16(12-22)10-17(9-15)13-22)24-19(27)2-3-20-25-21(26-28-20)18-4-6-23-7-5-18/h4-7,14-17H,2-3,8-13H2,1H3,(H,24,27). The number of carbonyl (C=O) groups excluding carboxylic acids is 1. The van der Waals surface area contributed by atoms with Gasteiger partial charge in [0.15, 0.2) is 0 Å². The van der Waals surface area contributed by atoms with Crippen LogP contribution in [0.5, 0.6) is 0 Å². The number of nitrogens with one attached hydrogen (secondary N) is 1. The molecule has 2 aromatic heterocycles. The van der Waals surface area contributed by atoms with Crippen molar-refractivity contribution in [2.45, 2.75) is 64.3 Å². The van der Waals surface area contributed by atoms with Gasteiger partial charge < -0.3 is 9.84 Å². The molecule has 1 N–H and O–H groups in total. The van der Waals surface area contributed by atoms with Gasteiger partial charge in [0.05, 0.1) is 0 Å². The third-order valence-electron chi connectivity index (χ3n) is 7.35. The summed E-state index contributed by atoms with van der Waals surface area (Å²) in [6, 6.07) is 3.94. The molecule has 4 fully saturated rings. The summed E-state index contributed by atoms with van der Waals surface area (Å²) in [5, 5.41) is 7.32. The zero-order valence-corrected chi connectivity index (χ0v) is 16.4. The predicted octanol–water partition coefficient (Wildman–Crippen LogP) is 3.79. The van der Waals surface area contributed by atoms with Crippen LogP contribution in [0.4, 0.5) is 0 Å². The Morgan fingerprint density at radius 3 is 2.46 bits per heavy atom. The molecular weight excluding hydrogens is 352 g/mol. The molecule has 2 heterocycles. The first-order valence-electron chi connectivity index (χ1n) is 10.6. The zero-order valence-electron chi connectivity index (χ0n) is 16.4. The number of aromatic nitrogens is 3. The van der Waals surface area contributed by atoms with Gasteiger partial charge in [-0.3, -0.25) is 9.78 Å². The van der Waals surface area contributed by atoms with E-state index in [1.54, 1.807) is 12.4 Å². The first-order chi connectivity index (χ1) is 13.6. The van der Waals surface area contributed by atoms with Crippen LogP contribution in [-0.4, -0.2) is 27.1 Å². The van der Waals surface area contributed by atoms with E-state index in [1.165, 1.54) is 38.5 Å². The number of hydrogen-bond donors (Lipinski definition) is 1. The van der Waals surface area contributed by atoms with E-state index in [4.69, 9.17) is 4.52 Å². The molecule has 1 amide bonds. The van der Waals surface area contributed by atoms with E-state index >= 15 is 0 Å². The van der Waals surface area contributed by atoms with Crippen molar-refractivity contribution >= 4 is 5.91 Å². The lowest BCUT2D eigenvalue weighted by Crippen LogP contribution is -2.55. The van der Waals surface area contributed by atoms with Gasteiger partial charge in [-0.1, -0.05) is 5.16 Å². The van der Waals surface area contributed by atoms with Gasteiger partial charge in [0.2, 0.25) is 17.6 Å². The Labute approximate surface area is 165 Å². The van der Waals surface area contributed by atoms with Gasteiger partial charge in [-0.05, 0) is 80.8 Å². The first-order valence-corrected chi connectivity index (χ1v) is 10.6. The monoisotopic (exact) mass is 380 g/mol. The minimum Gasteiger partial charge on any atom is -0.353 e. The van der Waals surface area contributed by atoms with Crippen molar-refractivity contribution in [2.24, 2.45) is 23.2 Å². The van der Waals surface area contributed by atoms with Gasteiger partial charge in [0.25, 0.3) is 0 Å². The molecule has 0 radical (unpaired) electrons. The second-order valence-electron chi connectivity index (χ2n) is 9.32. The van der Waals surface area contributed by atoms with Crippen molar-refractivity contribution in [1.82, 2.24) is 20.4 Å². The Morgan fingerprint density at radius 2 is 1.82 bits per heavy atom. The molecule has 1 atom stereocenters. The van der Waals surface area contributed by atoms with Gasteiger partial charge >= 0.3 is 0 Å². The second-order valence-corrected chi connectivity index (χ2v) is 9.32. The molecule has 28 heavy (non-hydrogen) atoms. The number of aryl methyl sites for hydroxylation is 1. The van der Waals surface area contributed by atoms with E-state index in [0.717, 1.165) is 23.3 Å². The normalized spacial score (nSPS) is 31.7. The number of carbonyl (C=O) groups is 1. The van der Waals surface area contributed by atoms with Gasteiger partial charge in [0, 0.05) is 36.8 Å². The number of amides is 1. The molecule has 0 saturated heterocycles. The van der Waals surface area contributed by atoms with Gasteiger partial charge in [0.1, 0.15) is 0 Å². The number of nitrogens with zero attached hydrogens (tertiary/aromatic N) is 3. The van der Waals surface area contributed by atoms with E-state index < -0.39 is 0 Å². The van der Waals surface area contributed by atoms with Crippen molar-refractivity contribution < 1.29 is 9.32 Å². The summed E-state index contributed by atoms with van der Waals surface area (Å²) in [5.41, 5.74) is 1.20. The molecule has 4 bridgehead atoms. The zero-order chi connectivity index (χ0) is 19.1. The van der Waals surface area contributed by atoms with Crippen LogP contribution < -0.4 is 5.32 Å². The van der Waals surface area contributed by atoms with Crippen molar-refractivity contribution in [1.29, 1.82) is 0 Å². The van der Waals surface area contributed by atoms with Gasteiger partial charge in [-0.15, -0.1) is 0 Å². The fourth-order valence-electron chi connectivity index (χ4n) is 6.37. The number of hydrogen-bond acceptors (Lipinski definition) is 5. The average molecular weight is 380 g/mol. The van der Waals surface area contributed by atoms with Crippen LogP contribution >= 0.6 is 0 Å². The summed E-state index contributed by atoms with van der Waals surface area (Å²) in [6.07, 6.45) is 12.4. The van der Waals surface area contributed by atoms with E-state index in [1.807, 2.05) is 12.1 Å². The van der Waals surface area contributed by atoms with E-state index in [0.29, 0.717) is 30.0 Å². The Bertz CT molecular complexity index is 812. The highest BCUT2D eigenvalue weighted by atomic mass is 16.5. The van der Waals surface area contributed by atoms with Crippen molar-refractivity contribution in [3.63, 3.8) is 0 Å². The average Bonchev–Trinajstić information content (AvgIpc) is 3.15. The van der Waals surface area contributed by atoms with E-state index in [-0.39, 0.29) is 11.9 Å². The molecule has 0 aromatic carbocycles. The van der Waals surface area contributed by atoms with Crippen molar-refractivity contribution in [2.75, 3.05) is 0 Å². The van der Waals surface area contributed by atoms with Crippen LogP contribution in [0.25, 0.3) is 11.4 Å². The summed E-state index contributed by atoms with van der Waals surface area (Å²) in [6.45, 7) is 2.22. The van der Waals surface area contributed by atoms with Crippen LogP contribution in [-0.2, 0) is 11.2 Å². The third kappa shape index (κ3) is 3.33. The Balaban J connectivity index is 1.17. The minimum absolute atomic E-state index is 0.0897. The SMILES string of the molecule is CC(NC(=O)CCc1nc(-c2ccncc2)no1)C12CC3CC(CC(C3)C1)C2. The fourth-order valence-corrected chi connectivity index (χ4v) is 6.37. The molecule has 6 rings (SSSR count). The molecule has 4 saturated carbocycles. The lowest BCUT2D eigenvalue weighted by molar-refractivity contribution is -0.125. The van der Waals surface area contributed by atoms with Crippen LogP contribution in [0.3, 0.4) is 0 Å². The molecular formula is C22H28N4O2. The Hall–Kier alpha value is -2.24. The first kappa shape index (κ1) is 17.8. The van der Waals surface area contributed by atoms with Crippen LogP contribution in [0.15, 0.2) is 29.0 Å². The third-order valence-corrected chi connectivity index (χ3v) is 7.35. The molecule has 0 spiro atoms. The largest absolute Gasteiger partial charge is 0.353 e. The van der Waals surface area contributed by atoms with E-state index in [2.05, 4.69) is 27.4 Å². The van der Waals surface area contributed by atoms with Crippen molar-refractivity contribution in [3.05, 3.63) is 30.4 Å². The lowest BCUT2D eigenvalue weighted by Gasteiger charge is -2.59. The Kier molecular flexibility index (Phi) is 4.44. The molecule has 6 heteroatoms. The lowest BCUT2D eigenvalue weighted by atomic mass is 9.48. The maximum Gasteiger partial charge on any atom is 0.227 e. The summed E-state index contributed by atoms with van der Waals surface area (Å²) >= 11 is 0. The smallest absolute Gasteiger partial charge is 0.227 e. The van der Waals surface area contributed by atoms with Crippen LogP contribution in [0.2, 0.25) is 0 Å². The predicted molar refractivity (Wildman–Crippen MR) is 104 cm³/mol. The van der Waals surface area contributed by atoms with Crippen molar-refractivity contribution in [3.8, 4) is 11.4 Å². The maximum atomic E-state index is 12.6. The molecule has 4 aliphatic rings. The summed E-state index contributed by atoms with van der Waals surface area (Å²) < 4.78 is 5.31. The molecule has 2 aromatic rings. The number of pyridine rings is 1.